The molecular formula is C23H22O4S2. The lowest BCUT2D eigenvalue weighted by Gasteiger charge is -2.13. The van der Waals surface area contributed by atoms with Gasteiger partial charge in [0.1, 0.15) is 5.75 Å². The van der Waals surface area contributed by atoms with Crippen molar-refractivity contribution < 1.29 is 17.4 Å². The molecule has 1 unspecified atom stereocenters. The third-order valence-corrected chi connectivity index (χ3v) is 7.48. The Bertz CT molecular complexity index is 1160. The van der Waals surface area contributed by atoms with Gasteiger partial charge >= 0.3 is 0 Å². The topological polar surface area (TPSA) is 60.4 Å². The Hall–Kier alpha value is -2.70. The van der Waals surface area contributed by atoms with Gasteiger partial charge in [-0.25, -0.2) is 12.6 Å². The van der Waals surface area contributed by atoms with E-state index in [1.54, 1.807) is 60.7 Å². The first-order valence-electron chi connectivity index (χ1n) is 8.97. The van der Waals surface area contributed by atoms with Gasteiger partial charge in [-0.2, -0.15) is 0 Å². The molecular weight excluding hydrogens is 404 g/mol. The molecule has 0 radical (unpaired) electrons. The number of rotatable bonds is 6. The fourth-order valence-corrected chi connectivity index (χ4v) is 5.58. The van der Waals surface area contributed by atoms with Crippen LogP contribution in [0.5, 0.6) is 5.75 Å². The standard InChI is InChI=1S/C23H22O4S2/c1-17-8-12-19(13-9-17)28(24)23(21-6-4-5-7-22(21)27-3)16-29(25,26)20-14-10-18(2)11-15-20/h4-16H,1-3H3/b23-16+. The van der Waals surface area contributed by atoms with Crippen LogP contribution in [0.2, 0.25) is 0 Å². The van der Waals surface area contributed by atoms with Crippen LogP contribution in [-0.4, -0.2) is 19.7 Å². The molecule has 4 nitrogen and oxygen atoms in total. The number of benzene rings is 3. The zero-order chi connectivity index (χ0) is 21.0. The normalized spacial score (nSPS) is 13.1. The molecule has 0 amide bonds. The molecule has 0 aliphatic heterocycles. The molecule has 0 saturated carbocycles. The Balaban J connectivity index is 2.19. The van der Waals surface area contributed by atoms with E-state index in [0.29, 0.717) is 16.2 Å². The molecule has 0 bridgehead atoms. The minimum absolute atomic E-state index is 0.149. The Morgan fingerprint density at radius 1 is 0.862 bits per heavy atom. The number of methoxy groups -OCH3 is 1. The lowest BCUT2D eigenvalue weighted by Crippen LogP contribution is -2.04. The minimum Gasteiger partial charge on any atom is -0.496 e. The second kappa shape index (κ2) is 8.76. The van der Waals surface area contributed by atoms with Crippen molar-refractivity contribution in [2.75, 3.05) is 7.11 Å². The number of hydrogen-bond acceptors (Lipinski definition) is 4. The van der Waals surface area contributed by atoms with E-state index < -0.39 is 20.6 Å². The van der Waals surface area contributed by atoms with Gasteiger partial charge in [0.15, 0.2) is 0 Å². The third-order valence-electron chi connectivity index (χ3n) is 4.42. The van der Waals surface area contributed by atoms with Gasteiger partial charge in [-0.3, -0.25) is 0 Å². The van der Waals surface area contributed by atoms with Gasteiger partial charge < -0.3 is 4.74 Å². The average molecular weight is 427 g/mol. The lowest BCUT2D eigenvalue weighted by molar-refractivity contribution is 0.413. The molecule has 29 heavy (non-hydrogen) atoms. The third kappa shape index (κ3) is 4.83. The summed E-state index contributed by atoms with van der Waals surface area (Å²) >= 11 is 0. The van der Waals surface area contributed by atoms with Crippen molar-refractivity contribution in [3.05, 3.63) is 94.9 Å². The predicted octanol–water partition coefficient (Wildman–Crippen LogP) is 4.89. The Kier molecular flexibility index (Phi) is 6.35. The van der Waals surface area contributed by atoms with Crippen molar-refractivity contribution in [1.82, 2.24) is 0 Å². The molecule has 6 heteroatoms. The van der Waals surface area contributed by atoms with Gasteiger partial charge in [0, 0.05) is 10.5 Å². The Labute approximate surface area is 174 Å². The highest BCUT2D eigenvalue weighted by atomic mass is 32.2. The average Bonchev–Trinajstić information content (AvgIpc) is 2.72. The smallest absolute Gasteiger partial charge is 0.201 e. The summed E-state index contributed by atoms with van der Waals surface area (Å²) < 4.78 is 44.9. The largest absolute Gasteiger partial charge is 0.496 e. The van der Waals surface area contributed by atoms with Crippen LogP contribution in [0.1, 0.15) is 16.7 Å². The zero-order valence-electron chi connectivity index (χ0n) is 16.5. The Morgan fingerprint density at radius 2 is 1.41 bits per heavy atom. The van der Waals surface area contributed by atoms with Gasteiger partial charge in [0.2, 0.25) is 9.84 Å². The summed E-state index contributed by atoms with van der Waals surface area (Å²) in [5, 5.41) is 1.09. The minimum atomic E-state index is -3.82. The number of ether oxygens (including phenoxy) is 1. The fourth-order valence-electron chi connectivity index (χ4n) is 2.78. The molecule has 0 N–H and O–H groups in total. The van der Waals surface area contributed by atoms with Gasteiger partial charge in [0.25, 0.3) is 0 Å². The van der Waals surface area contributed by atoms with E-state index in [-0.39, 0.29) is 9.80 Å². The summed E-state index contributed by atoms with van der Waals surface area (Å²) in [5.74, 6) is 0.457. The molecule has 0 heterocycles. The van der Waals surface area contributed by atoms with Crippen LogP contribution in [0.15, 0.2) is 88.0 Å². The maximum absolute atomic E-state index is 13.4. The van der Waals surface area contributed by atoms with Gasteiger partial charge in [-0.05, 0) is 50.2 Å². The van der Waals surface area contributed by atoms with Crippen molar-refractivity contribution in [1.29, 1.82) is 0 Å². The molecule has 0 aliphatic rings. The Morgan fingerprint density at radius 3 is 2.00 bits per heavy atom. The van der Waals surface area contributed by atoms with Gasteiger partial charge in [0.05, 0.1) is 33.1 Å². The van der Waals surface area contributed by atoms with Crippen molar-refractivity contribution in [3.8, 4) is 5.75 Å². The first-order valence-corrected chi connectivity index (χ1v) is 11.7. The van der Waals surface area contributed by atoms with Gasteiger partial charge in [-0.1, -0.05) is 47.5 Å². The van der Waals surface area contributed by atoms with E-state index in [2.05, 4.69) is 0 Å². The molecule has 0 aliphatic carbocycles. The number of hydrogen-bond donors (Lipinski definition) is 0. The molecule has 0 aromatic heterocycles. The molecule has 0 spiro atoms. The highest BCUT2D eigenvalue weighted by Crippen LogP contribution is 2.33. The van der Waals surface area contributed by atoms with Crippen molar-refractivity contribution >= 4 is 25.5 Å². The SMILES string of the molecule is COc1ccccc1/C(=C\S(=O)(=O)c1ccc(C)cc1)S(=O)c1ccc(C)cc1. The second-order valence-electron chi connectivity index (χ2n) is 6.62. The zero-order valence-corrected chi connectivity index (χ0v) is 18.1. The van der Waals surface area contributed by atoms with Crippen LogP contribution in [-0.2, 0) is 20.6 Å². The van der Waals surface area contributed by atoms with E-state index in [1.165, 1.54) is 7.11 Å². The highest BCUT2D eigenvalue weighted by Gasteiger charge is 2.21. The molecule has 3 aromatic rings. The maximum Gasteiger partial charge on any atom is 0.201 e. The molecule has 3 rings (SSSR count). The summed E-state index contributed by atoms with van der Waals surface area (Å²) in [6.07, 6.45) is 0. The van der Waals surface area contributed by atoms with Gasteiger partial charge in [-0.15, -0.1) is 0 Å². The number of aryl methyl sites for hydroxylation is 2. The summed E-state index contributed by atoms with van der Waals surface area (Å²) in [4.78, 5) is 0.843. The van der Waals surface area contributed by atoms with Crippen LogP contribution in [0.25, 0.3) is 4.91 Å². The first-order chi connectivity index (χ1) is 13.8. The van der Waals surface area contributed by atoms with Crippen LogP contribution < -0.4 is 4.74 Å². The quantitative estimate of drug-likeness (QED) is 0.563. The molecule has 0 fully saturated rings. The number of para-hydroxylation sites is 1. The summed E-state index contributed by atoms with van der Waals surface area (Å²) in [5.41, 5.74) is 2.46. The van der Waals surface area contributed by atoms with E-state index in [1.807, 2.05) is 26.0 Å². The maximum atomic E-state index is 13.4. The van der Waals surface area contributed by atoms with E-state index in [0.717, 1.165) is 16.5 Å². The molecule has 0 saturated heterocycles. The van der Waals surface area contributed by atoms with Crippen molar-refractivity contribution in [3.63, 3.8) is 0 Å². The van der Waals surface area contributed by atoms with E-state index in [4.69, 9.17) is 4.74 Å². The molecule has 150 valence electrons. The fraction of sp³-hybridized carbons (Fsp3) is 0.130. The van der Waals surface area contributed by atoms with Crippen LogP contribution in [0.4, 0.5) is 0 Å². The van der Waals surface area contributed by atoms with Crippen molar-refractivity contribution in [2.24, 2.45) is 0 Å². The number of sulfone groups is 1. The predicted molar refractivity (Wildman–Crippen MR) is 117 cm³/mol. The highest BCUT2D eigenvalue weighted by molar-refractivity contribution is 7.99. The van der Waals surface area contributed by atoms with Crippen LogP contribution in [0.3, 0.4) is 0 Å². The monoisotopic (exact) mass is 426 g/mol. The van der Waals surface area contributed by atoms with Crippen molar-refractivity contribution in [2.45, 2.75) is 23.6 Å². The summed E-state index contributed by atoms with van der Waals surface area (Å²) in [6, 6.07) is 20.7. The van der Waals surface area contributed by atoms with Crippen LogP contribution in [0, 0.1) is 13.8 Å². The summed E-state index contributed by atoms with van der Waals surface area (Å²) in [7, 11) is -4.04. The lowest BCUT2D eigenvalue weighted by atomic mass is 10.2. The molecule has 3 aromatic carbocycles. The second-order valence-corrected chi connectivity index (χ2v) is 9.87. The summed E-state index contributed by atoms with van der Waals surface area (Å²) in [6.45, 7) is 3.82. The first kappa shape index (κ1) is 21.0. The van der Waals surface area contributed by atoms with Crippen LogP contribution >= 0.6 is 0 Å². The van der Waals surface area contributed by atoms with E-state index in [9.17, 15) is 12.6 Å². The molecule has 1 atom stereocenters. The van der Waals surface area contributed by atoms with E-state index >= 15 is 0 Å².